The SMILES string of the molecule is Cc1nc(C)c(CCC(=O)N2CCC(O)C2)c(=O)[nH]1. The van der Waals surface area contributed by atoms with E-state index in [2.05, 4.69) is 9.97 Å². The van der Waals surface area contributed by atoms with Crippen LogP contribution in [0.1, 0.15) is 29.9 Å². The number of aliphatic hydroxyl groups is 1. The summed E-state index contributed by atoms with van der Waals surface area (Å²) in [6.45, 7) is 4.51. The van der Waals surface area contributed by atoms with Gasteiger partial charge in [0.2, 0.25) is 5.91 Å². The van der Waals surface area contributed by atoms with Crippen LogP contribution in [0, 0.1) is 13.8 Å². The average Bonchev–Trinajstić information content (AvgIpc) is 2.74. The summed E-state index contributed by atoms with van der Waals surface area (Å²) in [6, 6.07) is 0. The van der Waals surface area contributed by atoms with Crippen molar-refractivity contribution in [1.82, 2.24) is 14.9 Å². The second-order valence-corrected chi connectivity index (χ2v) is 5.00. The smallest absolute Gasteiger partial charge is 0.254 e. The van der Waals surface area contributed by atoms with Gasteiger partial charge < -0.3 is 15.0 Å². The molecule has 0 saturated carbocycles. The highest BCUT2D eigenvalue weighted by atomic mass is 16.3. The fraction of sp³-hybridized carbons (Fsp3) is 0.615. The zero-order valence-corrected chi connectivity index (χ0v) is 11.3. The average molecular weight is 265 g/mol. The van der Waals surface area contributed by atoms with Gasteiger partial charge in [0.15, 0.2) is 0 Å². The van der Waals surface area contributed by atoms with Crippen LogP contribution in [0.15, 0.2) is 4.79 Å². The first-order chi connectivity index (χ1) is 8.97. The van der Waals surface area contributed by atoms with Crippen molar-refractivity contribution in [2.24, 2.45) is 0 Å². The van der Waals surface area contributed by atoms with Crippen molar-refractivity contribution >= 4 is 5.91 Å². The number of carbonyl (C=O) groups is 1. The number of rotatable bonds is 3. The third-order valence-electron chi connectivity index (χ3n) is 3.45. The van der Waals surface area contributed by atoms with Gasteiger partial charge in [0, 0.05) is 30.8 Å². The molecule has 2 N–H and O–H groups in total. The Morgan fingerprint density at radius 2 is 2.26 bits per heavy atom. The summed E-state index contributed by atoms with van der Waals surface area (Å²) < 4.78 is 0. The lowest BCUT2D eigenvalue weighted by atomic mass is 10.1. The molecule has 0 bridgehead atoms. The molecule has 1 saturated heterocycles. The Hall–Kier alpha value is -1.69. The molecule has 1 amide bonds. The molecule has 0 aliphatic carbocycles. The van der Waals surface area contributed by atoms with E-state index in [1.807, 2.05) is 0 Å². The van der Waals surface area contributed by atoms with Gasteiger partial charge in [-0.2, -0.15) is 0 Å². The summed E-state index contributed by atoms with van der Waals surface area (Å²) >= 11 is 0. The van der Waals surface area contributed by atoms with Gasteiger partial charge in [0.05, 0.1) is 6.10 Å². The van der Waals surface area contributed by atoms with Gasteiger partial charge in [0.25, 0.3) is 5.56 Å². The maximum atomic E-state index is 11.9. The maximum absolute atomic E-state index is 11.9. The molecule has 2 rings (SSSR count). The second kappa shape index (κ2) is 5.52. The largest absolute Gasteiger partial charge is 0.391 e. The Labute approximate surface area is 111 Å². The molecule has 104 valence electrons. The van der Waals surface area contributed by atoms with Crippen molar-refractivity contribution in [3.8, 4) is 0 Å². The molecule has 1 fully saturated rings. The number of carbonyl (C=O) groups excluding carboxylic acids is 1. The fourth-order valence-electron chi connectivity index (χ4n) is 2.40. The van der Waals surface area contributed by atoms with E-state index in [9.17, 15) is 14.7 Å². The molecule has 1 aromatic rings. The highest BCUT2D eigenvalue weighted by Crippen LogP contribution is 2.11. The number of aryl methyl sites for hydroxylation is 2. The first-order valence-corrected chi connectivity index (χ1v) is 6.49. The van der Waals surface area contributed by atoms with E-state index in [0.717, 1.165) is 0 Å². The Morgan fingerprint density at radius 3 is 2.84 bits per heavy atom. The lowest BCUT2D eigenvalue weighted by molar-refractivity contribution is -0.130. The molecule has 0 spiro atoms. The molecule has 6 heteroatoms. The predicted molar refractivity (Wildman–Crippen MR) is 69.9 cm³/mol. The molecule has 19 heavy (non-hydrogen) atoms. The van der Waals surface area contributed by atoms with Crippen molar-refractivity contribution < 1.29 is 9.90 Å². The van der Waals surface area contributed by atoms with E-state index in [1.54, 1.807) is 18.7 Å². The van der Waals surface area contributed by atoms with Gasteiger partial charge in [-0.1, -0.05) is 0 Å². The van der Waals surface area contributed by atoms with Crippen LogP contribution in [0.3, 0.4) is 0 Å². The molecule has 1 atom stereocenters. The Kier molecular flexibility index (Phi) is 3.99. The van der Waals surface area contributed by atoms with Crippen LogP contribution in [-0.2, 0) is 11.2 Å². The van der Waals surface area contributed by atoms with Crippen LogP contribution in [0.2, 0.25) is 0 Å². The first-order valence-electron chi connectivity index (χ1n) is 6.49. The summed E-state index contributed by atoms with van der Waals surface area (Å²) in [6.07, 6.45) is 0.897. The highest BCUT2D eigenvalue weighted by Gasteiger charge is 2.24. The number of aromatic amines is 1. The molecule has 0 radical (unpaired) electrons. The standard InChI is InChI=1S/C13H19N3O3/c1-8-11(13(19)15-9(2)14-8)3-4-12(18)16-6-5-10(17)7-16/h10,17H,3-7H2,1-2H3,(H,14,15,19). The normalized spacial score (nSPS) is 18.9. The summed E-state index contributed by atoms with van der Waals surface area (Å²) in [5, 5.41) is 9.39. The van der Waals surface area contributed by atoms with Gasteiger partial charge >= 0.3 is 0 Å². The van der Waals surface area contributed by atoms with E-state index < -0.39 is 6.10 Å². The monoisotopic (exact) mass is 265 g/mol. The number of H-pyrrole nitrogens is 1. The Morgan fingerprint density at radius 1 is 1.53 bits per heavy atom. The molecular formula is C13H19N3O3. The number of nitrogens with zero attached hydrogens (tertiary/aromatic N) is 2. The van der Waals surface area contributed by atoms with Gasteiger partial charge in [-0.3, -0.25) is 9.59 Å². The van der Waals surface area contributed by atoms with Gasteiger partial charge in [-0.15, -0.1) is 0 Å². The number of likely N-dealkylation sites (tertiary alicyclic amines) is 1. The van der Waals surface area contributed by atoms with Crippen LogP contribution in [0.4, 0.5) is 0 Å². The zero-order chi connectivity index (χ0) is 14.0. The van der Waals surface area contributed by atoms with Crippen LogP contribution in [0.25, 0.3) is 0 Å². The maximum Gasteiger partial charge on any atom is 0.254 e. The zero-order valence-electron chi connectivity index (χ0n) is 11.3. The van der Waals surface area contributed by atoms with Gasteiger partial charge in [-0.05, 0) is 26.7 Å². The molecule has 2 heterocycles. The van der Waals surface area contributed by atoms with E-state index >= 15 is 0 Å². The number of hydrogen-bond donors (Lipinski definition) is 2. The lowest BCUT2D eigenvalue weighted by Gasteiger charge is -2.15. The molecular weight excluding hydrogens is 246 g/mol. The summed E-state index contributed by atoms with van der Waals surface area (Å²) in [4.78, 5) is 32.2. The number of nitrogens with one attached hydrogen (secondary N) is 1. The molecule has 0 aromatic carbocycles. The van der Waals surface area contributed by atoms with Crippen LogP contribution in [0.5, 0.6) is 0 Å². The molecule has 1 unspecified atom stereocenters. The summed E-state index contributed by atoms with van der Waals surface area (Å²) in [5.41, 5.74) is 1.08. The minimum absolute atomic E-state index is 0.0177. The van der Waals surface area contributed by atoms with Gasteiger partial charge in [0.1, 0.15) is 5.82 Å². The summed E-state index contributed by atoms with van der Waals surface area (Å²) in [7, 11) is 0. The van der Waals surface area contributed by atoms with E-state index in [1.165, 1.54) is 0 Å². The number of hydrogen-bond acceptors (Lipinski definition) is 4. The fourth-order valence-corrected chi connectivity index (χ4v) is 2.40. The van der Waals surface area contributed by atoms with E-state index in [4.69, 9.17) is 0 Å². The van der Waals surface area contributed by atoms with E-state index in [0.29, 0.717) is 43.0 Å². The molecule has 6 nitrogen and oxygen atoms in total. The lowest BCUT2D eigenvalue weighted by Crippen LogP contribution is -2.30. The quantitative estimate of drug-likeness (QED) is 0.800. The Bertz CT molecular complexity index is 538. The van der Waals surface area contributed by atoms with Crippen molar-refractivity contribution in [2.45, 2.75) is 39.2 Å². The first kappa shape index (κ1) is 13.7. The highest BCUT2D eigenvalue weighted by molar-refractivity contribution is 5.76. The third-order valence-corrected chi connectivity index (χ3v) is 3.45. The number of amides is 1. The van der Waals surface area contributed by atoms with Crippen molar-refractivity contribution in [3.05, 3.63) is 27.4 Å². The third kappa shape index (κ3) is 3.20. The van der Waals surface area contributed by atoms with Crippen molar-refractivity contribution in [2.75, 3.05) is 13.1 Å². The van der Waals surface area contributed by atoms with Crippen LogP contribution < -0.4 is 5.56 Å². The Balaban J connectivity index is 1.99. The molecule has 1 aliphatic heterocycles. The van der Waals surface area contributed by atoms with Crippen molar-refractivity contribution in [1.29, 1.82) is 0 Å². The number of aromatic nitrogens is 2. The molecule has 1 aromatic heterocycles. The van der Waals surface area contributed by atoms with Crippen LogP contribution in [-0.4, -0.2) is 45.1 Å². The summed E-state index contributed by atoms with van der Waals surface area (Å²) in [5.74, 6) is 0.566. The van der Waals surface area contributed by atoms with Gasteiger partial charge in [-0.25, -0.2) is 4.98 Å². The second-order valence-electron chi connectivity index (χ2n) is 5.00. The topological polar surface area (TPSA) is 86.3 Å². The van der Waals surface area contributed by atoms with Crippen molar-refractivity contribution in [3.63, 3.8) is 0 Å². The number of aliphatic hydroxyl groups excluding tert-OH is 1. The number of β-amino-alcohol motifs (C(OH)–C–C–N with tert-alkyl or cyclic N) is 1. The van der Waals surface area contributed by atoms with E-state index in [-0.39, 0.29) is 17.9 Å². The minimum atomic E-state index is -0.407. The van der Waals surface area contributed by atoms with Crippen LogP contribution >= 0.6 is 0 Å². The molecule has 1 aliphatic rings. The minimum Gasteiger partial charge on any atom is -0.391 e. The predicted octanol–water partition coefficient (Wildman–Crippen LogP) is -0.0875.